The molecule has 3 rings (SSSR count). The molecule has 1 amide bonds. The van der Waals surface area contributed by atoms with Gasteiger partial charge in [0.2, 0.25) is 5.91 Å². The predicted molar refractivity (Wildman–Crippen MR) is 96.0 cm³/mol. The highest BCUT2D eigenvalue weighted by atomic mass is 35.5. The standard InChI is InChI=1S/C20H21ClFNO2/c21-16-8-6-14(7-9-16)18(24)13-23-19(25)20(10-1-2-11-20)15-4-3-5-17(22)12-15/h3-9,12,18,24H,1-2,10-11,13H2,(H,23,25). The minimum atomic E-state index is -0.813. The Morgan fingerprint density at radius 1 is 1.20 bits per heavy atom. The average molecular weight is 362 g/mol. The number of halogens is 2. The minimum absolute atomic E-state index is 0.109. The van der Waals surface area contributed by atoms with E-state index in [1.807, 2.05) is 6.07 Å². The molecule has 5 heteroatoms. The summed E-state index contributed by atoms with van der Waals surface area (Å²) in [5.74, 6) is -0.485. The van der Waals surface area contributed by atoms with E-state index in [0.29, 0.717) is 29.0 Å². The highest BCUT2D eigenvalue weighted by Gasteiger charge is 2.42. The molecule has 2 aromatic rings. The number of amides is 1. The van der Waals surface area contributed by atoms with Crippen molar-refractivity contribution < 1.29 is 14.3 Å². The van der Waals surface area contributed by atoms with Gasteiger partial charge in [-0.3, -0.25) is 4.79 Å². The summed E-state index contributed by atoms with van der Waals surface area (Å²) in [5, 5.41) is 13.7. The Bertz CT molecular complexity index is 742. The normalized spacial score (nSPS) is 17.2. The lowest BCUT2D eigenvalue weighted by Gasteiger charge is -2.29. The molecule has 1 fully saturated rings. The van der Waals surface area contributed by atoms with Gasteiger partial charge >= 0.3 is 0 Å². The molecule has 0 aliphatic heterocycles. The van der Waals surface area contributed by atoms with Crippen LogP contribution in [0.25, 0.3) is 0 Å². The average Bonchev–Trinajstić information content (AvgIpc) is 3.11. The summed E-state index contributed by atoms with van der Waals surface area (Å²) < 4.78 is 13.6. The van der Waals surface area contributed by atoms with Gasteiger partial charge in [-0.2, -0.15) is 0 Å². The smallest absolute Gasteiger partial charge is 0.230 e. The van der Waals surface area contributed by atoms with Gasteiger partial charge in [-0.1, -0.05) is 48.7 Å². The monoisotopic (exact) mass is 361 g/mol. The van der Waals surface area contributed by atoms with Crippen molar-refractivity contribution in [3.63, 3.8) is 0 Å². The van der Waals surface area contributed by atoms with Gasteiger partial charge in [0.05, 0.1) is 11.5 Å². The van der Waals surface area contributed by atoms with Crippen LogP contribution in [0.2, 0.25) is 5.02 Å². The summed E-state index contributed by atoms with van der Waals surface area (Å²) >= 11 is 5.85. The highest BCUT2D eigenvalue weighted by Crippen LogP contribution is 2.41. The first kappa shape index (κ1) is 17.9. The Morgan fingerprint density at radius 3 is 2.52 bits per heavy atom. The summed E-state index contributed by atoms with van der Waals surface area (Å²) in [5.41, 5.74) is 0.696. The van der Waals surface area contributed by atoms with E-state index in [0.717, 1.165) is 12.8 Å². The summed E-state index contributed by atoms with van der Waals surface area (Å²) in [6, 6.07) is 13.1. The van der Waals surface area contributed by atoms with Crippen LogP contribution in [0.15, 0.2) is 48.5 Å². The first-order valence-electron chi connectivity index (χ1n) is 8.49. The Kier molecular flexibility index (Phi) is 5.40. The number of aliphatic hydroxyl groups is 1. The largest absolute Gasteiger partial charge is 0.387 e. The summed E-state index contributed by atoms with van der Waals surface area (Å²) in [6.45, 7) is 0.109. The van der Waals surface area contributed by atoms with Gasteiger partial charge in [0, 0.05) is 11.6 Å². The number of carbonyl (C=O) groups excluding carboxylic acids is 1. The van der Waals surface area contributed by atoms with E-state index < -0.39 is 11.5 Å². The zero-order valence-corrected chi connectivity index (χ0v) is 14.6. The lowest BCUT2D eigenvalue weighted by atomic mass is 9.78. The SMILES string of the molecule is O=C(NCC(O)c1ccc(Cl)cc1)C1(c2cccc(F)c2)CCCC1. The third-order valence-corrected chi connectivity index (χ3v) is 5.23. The molecule has 2 N–H and O–H groups in total. The third kappa shape index (κ3) is 3.86. The van der Waals surface area contributed by atoms with Gasteiger partial charge in [-0.25, -0.2) is 4.39 Å². The molecule has 25 heavy (non-hydrogen) atoms. The lowest BCUT2D eigenvalue weighted by molar-refractivity contribution is -0.127. The van der Waals surface area contributed by atoms with Crippen LogP contribution < -0.4 is 5.32 Å². The Labute approximate surface area is 151 Å². The van der Waals surface area contributed by atoms with Crippen molar-refractivity contribution in [2.45, 2.75) is 37.2 Å². The van der Waals surface area contributed by atoms with Crippen molar-refractivity contribution in [1.82, 2.24) is 5.32 Å². The van der Waals surface area contributed by atoms with Crippen LogP contribution in [0.3, 0.4) is 0 Å². The van der Waals surface area contributed by atoms with E-state index in [1.54, 1.807) is 30.3 Å². The van der Waals surface area contributed by atoms with Crippen molar-refractivity contribution in [3.8, 4) is 0 Å². The molecular weight excluding hydrogens is 341 g/mol. The van der Waals surface area contributed by atoms with Gasteiger partial charge < -0.3 is 10.4 Å². The maximum absolute atomic E-state index is 13.6. The van der Waals surface area contributed by atoms with Crippen LogP contribution in [-0.2, 0) is 10.2 Å². The second-order valence-corrected chi connectivity index (χ2v) is 7.01. The molecule has 0 spiro atoms. The fraction of sp³-hybridized carbons (Fsp3) is 0.350. The van der Waals surface area contributed by atoms with Crippen LogP contribution in [0.5, 0.6) is 0 Å². The first-order valence-corrected chi connectivity index (χ1v) is 8.87. The molecule has 0 saturated heterocycles. The molecule has 1 aliphatic carbocycles. The van der Waals surface area contributed by atoms with Crippen molar-refractivity contribution in [1.29, 1.82) is 0 Å². The molecule has 1 atom stereocenters. The van der Waals surface area contributed by atoms with Crippen LogP contribution in [0, 0.1) is 5.82 Å². The maximum atomic E-state index is 13.6. The number of benzene rings is 2. The number of hydrogen-bond acceptors (Lipinski definition) is 2. The van der Waals surface area contributed by atoms with Crippen molar-refractivity contribution >= 4 is 17.5 Å². The van der Waals surface area contributed by atoms with E-state index in [-0.39, 0.29) is 18.3 Å². The maximum Gasteiger partial charge on any atom is 0.230 e. The van der Waals surface area contributed by atoms with Crippen LogP contribution in [-0.4, -0.2) is 17.6 Å². The van der Waals surface area contributed by atoms with Gasteiger partial charge in [0.1, 0.15) is 5.82 Å². The third-order valence-electron chi connectivity index (χ3n) is 4.98. The molecule has 0 bridgehead atoms. The number of aliphatic hydroxyl groups excluding tert-OH is 1. The molecule has 0 heterocycles. The molecule has 1 unspecified atom stereocenters. The summed E-state index contributed by atoms with van der Waals surface area (Å²) in [7, 11) is 0. The molecule has 1 aliphatic rings. The van der Waals surface area contributed by atoms with Crippen molar-refractivity contribution in [2.24, 2.45) is 0 Å². The molecule has 2 aromatic carbocycles. The van der Waals surface area contributed by atoms with Crippen LogP contribution >= 0.6 is 11.6 Å². The minimum Gasteiger partial charge on any atom is -0.387 e. The van der Waals surface area contributed by atoms with Crippen LogP contribution in [0.1, 0.15) is 42.9 Å². The van der Waals surface area contributed by atoms with E-state index in [9.17, 15) is 14.3 Å². The molecule has 1 saturated carbocycles. The molecule has 3 nitrogen and oxygen atoms in total. The summed E-state index contributed by atoms with van der Waals surface area (Å²) in [6.07, 6.45) is 2.44. The second kappa shape index (κ2) is 7.54. The van der Waals surface area contributed by atoms with Gasteiger partial charge in [-0.15, -0.1) is 0 Å². The zero-order valence-electron chi connectivity index (χ0n) is 13.8. The van der Waals surface area contributed by atoms with E-state index >= 15 is 0 Å². The van der Waals surface area contributed by atoms with Crippen LogP contribution in [0.4, 0.5) is 4.39 Å². The fourth-order valence-corrected chi connectivity index (χ4v) is 3.70. The van der Waals surface area contributed by atoms with Gasteiger partial charge in [0.25, 0.3) is 0 Å². The number of hydrogen-bond donors (Lipinski definition) is 2. The van der Waals surface area contributed by atoms with E-state index in [2.05, 4.69) is 5.32 Å². The Morgan fingerprint density at radius 2 is 1.88 bits per heavy atom. The number of nitrogens with one attached hydrogen (secondary N) is 1. The fourth-order valence-electron chi connectivity index (χ4n) is 3.57. The Hall–Kier alpha value is -1.91. The Balaban J connectivity index is 1.72. The molecule has 0 aromatic heterocycles. The number of carbonyl (C=O) groups is 1. The van der Waals surface area contributed by atoms with Gasteiger partial charge in [0.15, 0.2) is 0 Å². The second-order valence-electron chi connectivity index (χ2n) is 6.58. The molecule has 0 radical (unpaired) electrons. The summed E-state index contributed by atoms with van der Waals surface area (Å²) in [4.78, 5) is 12.9. The van der Waals surface area contributed by atoms with E-state index in [4.69, 9.17) is 11.6 Å². The predicted octanol–water partition coefficient (Wildman–Crippen LogP) is 4.14. The molecule has 132 valence electrons. The van der Waals surface area contributed by atoms with E-state index in [1.165, 1.54) is 12.1 Å². The van der Waals surface area contributed by atoms with Crippen molar-refractivity contribution in [3.05, 3.63) is 70.5 Å². The quantitative estimate of drug-likeness (QED) is 0.840. The molecular formula is C20H21ClFNO2. The lowest BCUT2D eigenvalue weighted by Crippen LogP contribution is -2.44. The van der Waals surface area contributed by atoms with Gasteiger partial charge in [-0.05, 0) is 48.2 Å². The zero-order chi connectivity index (χ0) is 17.9. The first-order chi connectivity index (χ1) is 12.0. The number of rotatable bonds is 5. The highest BCUT2D eigenvalue weighted by molar-refractivity contribution is 6.30. The van der Waals surface area contributed by atoms with Crippen molar-refractivity contribution in [2.75, 3.05) is 6.54 Å². The topological polar surface area (TPSA) is 49.3 Å².